The smallest absolute Gasteiger partial charge is 0.378 e. The molecule has 0 saturated heterocycles. The molecule has 144 valence electrons. The third-order valence-corrected chi connectivity index (χ3v) is 5.14. The van der Waals surface area contributed by atoms with Crippen LogP contribution in [0.25, 0.3) is 0 Å². The highest BCUT2D eigenvalue weighted by Gasteiger charge is 2.47. The van der Waals surface area contributed by atoms with Crippen LogP contribution in [0.4, 0.5) is 13.2 Å². The fourth-order valence-electron chi connectivity index (χ4n) is 2.48. The number of aryl methyl sites for hydroxylation is 2. The summed E-state index contributed by atoms with van der Waals surface area (Å²) in [5.74, 6) is -0.173. The van der Waals surface area contributed by atoms with E-state index < -0.39 is 22.0 Å². The molecule has 0 atom stereocenters. The van der Waals surface area contributed by atoms with E-state index in [0.29, 0.717) is 12.8 Å². The number of rotatable bonds is 12. The molecule has 0 amide bonds. The van der Waals surface area contributed by atoms with E-state index in [-0.39, 0.29) is 5.75 Å². The molecule has 0 radical (unpaired) electrons. The maximum atomic E-state index is 13.2. The van der Waals surface area contributed by atoms with Crippen LogP contribution >= 0.6 is 0 Å². The molecular weight excluding hydrogens is 353 g/mol. The molecule has 0 saturated carbocycles. The van der Waals surface area contributed by atoms with Crippen molar-refractivity contribution in [2.24, 2.45) is 0 Å². The topological polar surface area (TPSA) is 43.4 Å². The van der Waals surface area contributed by atoms with Crippen LogP contribution in [0.1, 0.15) is 63.5 Å². The summed E-state index contributed by atoms with van der Waals surface area (Å²) >= 11 is 0. The number of benzene rings is 1. The van der Waals surface area contributed by atoms with Crippen LogP contribution in [0.3, 0.4) is 0 Å². The van der Waals surface area contributed by atoms with Crippen LogP contribution in [-0.4, -0.2) is 20.3 Å². The van der Waals surface area contributed by atoms with Gasteiger partial charge in [-0.3, -0.25) is 0 Å². The first kappa shape index (κ1) is 21.8. The molecule has 25 heavy (non-hydrogen) atoms. The maximum Gasteiger partial charge on any atom is 0.407 e. The number of hydrogen-bond donors (Lipinski definition) is 0. The second-order valence-electron chi connectivity index (χ2n) is 6.21. The van der Waals surface area contributed by atoms with E-state index in [0.717, 1.165) is 49.7 Å². The van der Waals surface area contributed by atoms with Crippen molar-refractivity contribution in [1.82, 2.24) is 0 Å². The molecule has 0 aromatic heterocycles. The lowest BCUT2D eigenvalue weighted by atomic mass is 10.0. The number of halogens is 3. The Labute approximate surface area is 148 Å². The lowest BCUT2D eigenvalue weighted by Gasteiger charge is -2.15. The fraction of sp³-hybridized carbons (Fsp3) is 0.667. The van der Waals surface area contributed by atoms with Crippen LogP contribution in [0.5, 0.6) is 5.75 Å². The fourth-order valence-corrected chi connectivity index (χ4v) is 3.08. The summed E-state index contributed by atoms with van der Waals surface area (Å²) in [6.07, 6.45) is 7.39. The third kappa shape index (κ3) is 6.88. The number of alkyl halides is 3. The van der Waals surface area contributed by atoms with Gasteiger partial charge in [-0.1, -0.05) is 45.6 Å². The zero-order valence-corrected chi connectivity index (χ0v) is 15.7. The van der Waals surface area contributed by atoms with Crippen molar-refractivity contribution in [3.05, 3.63) is 29.3 Å². The molecule has 0 heterocycles. The van der Waals surface area contributed by atoms with E-state index in [2.05, 4.69) is 18.0 Å². The summed E-state index contributed by atoms with van der Waals surface area (Å²) in [6.45, 7) is 1.83. The van der Waals surface area contributed by atoms with Crippen molar-refractivity contribution >= 4 is 10.1 Å². The Bertz CT molecular complexity index is 602. The van der Waals surface area contributed by atoms with Gasteiger partial charge in [-0.25, -0.2) is 4.39 Å². The second-order valence-corrected chi connectivity index (χ2v) is 7.88. The first-order valence-corrected chi connectivity index (χ1v) is 10.2. The quantitative estimate of drug-likeness (QED) is 0.359. The van der Waals surface area contributed by atoms with Crippen molar-refractivity contribution in [1.29, 1.82) is 0 Å². The van der Waals surface area contributed by atoms with E-state index in [1.54, 1.807) is 0 Å². The molecule has 3 nitrogen and oxygen atoms in total. The molecule has 0 aliphatic heterocycles. The van der Waals surface area contributed by atoms with Gasteiger partial charge in [0.2, 0.25) is 0 Å². The molecule has 1 aromatic rings. The summed E-state index contributed by atoms with van der Waals surface area (Å²) in [6, 6.07) is 4.85. The summed E-state index contributed by atoms with van der Waals surface area (Å²) in [5, 5.41) is -4.55. The first-order chi connectivity index (χ1) is 11.8. The van der Waals surface area contributed by atoms with E-state index in [4.69, 9.17) is 0 Å². The number of hydrogen-bond acceptors (Lipinski definition) is 3. The first-order valence-electron chi connectivity index (χ1n) is 8.76. The molecule has 0 spiro atoms. The number of unbranched alkanes of at least 4 members (excludes halogenated alkanes) is 4. The average Bonchev–Trinajstić information content (AvgIpc) is 2.54. The molecule has 0 bridgehead atoms. The monoisotopic (exact) mass is 380 g/mol. The van der Waals surface area contributed by atoms with Gasteiger partial charge in [-0.15, -0.1) is 0 Å². The molecule has 1 rings (SSSR count). The molecule has 1 aromatic carbocycles. The van der Waals surface area contributed by atoms with Gasteiger partial charge in [0.05, 0.1) is 0 Å². The lowest BCUT2D eigenvalue weighted by Crippen LogP contribution is -2.34. The van der Waals surface area contributed by atoms with E-state index >= 15 is 0 Å². The van der Waals surface area contributed by atoms with Gasteiger partial charge in [0.15, 0.2) is 6.67 Å². The minimum atomic E-state index is -5.36. The predicted octanol–water partition coefficient (Wildman–Crippen LogP) is 5.42. The molecular formula is C18H27F3O3S. The summed E-state index contributed by atoms with van der Waals surface area (Å²) in [5.41, 5.74) is 1.69. The Morgan fingerprint density at radius 1 is 0.920 bits per heavy atom. The normalized spacial score (nSPS) is 12.4. The zero-order valence-electron chi connectivity index (χ0n) is 14.9. The van der Waals surface area contributed by atoms with E-state index in [1.165, 1.54) is 12.1 Å². The predicted molar refractivity (Wildman–Crippen MR) is 93.4 cm³/mol. The standard InChI is InChI=1S/C18H27F3O3S/c1-3-5-7-9-15-11-16(10-8-6-4-2)13-17(12-15)24-25(22,23)18(20,21)14-19/h11-13H,3-10,14H2,1-2H3. The summed E-state index contributed by atoms with van der Waals surface area (Å²) in [4.78, 5) is 0. The van der Waals surface area contributed by atoms with Gasteiger partial charge in [0, 0.05) is 0 Å². The van der Waals surface area contributed by atoms with Gasteiger partial charge in [-0.2, -0.15) is 17.2 Å². The molecule has 0 unspecified atom stereocenters. The van der Waals surface area contributed by atoms with Crippen LogP contribution in [0.15, 0.2) is 18.2 Å². The van der Waals surface area contributed by atoms with Crippen molar-refractivity contribution in [3.63, 3.8) is 0 Å². The van der Waals surface area contributed by atoms with Crippen molar-refractivity contribution in [2.45, 2.75) is 70.5 Å². The van der Waals surface area contributed by atoms with Gasteiger partial charge < -0.3 is 4.18 Å². The van der Waals surface area contributed by atoms with E-state index in [1.807, 2.05) is 6.07 Å². The largest absolute Gasteiger partial charge is 0.407 e. The highest BCUT2D eigenvalue weighted by Crippen LogP contribution is 2.28. The Kier molecular flexibility index (Phi) is 8.76. The molecule has 0 fully saturated rings. The lowest BCUT2D eigenvalue weighted by molar-refractivity contribution is 0.0538. The highest BCUT2D eigenvalue weighted by molar-refractivity contribution is 7.88. The highest BCUT2D eigenvalue weighted by atomic mass is 32.2. The Morgan fingerprint density at radius 3 is 1.80 bits per heavy atom. The summed E-state index contributed by atoms with van der Waals surface area (Å²) in [7, 11) is -5.36. The van der Waals surface area contributed by atoms with Gasteiger partial charge in [0.1, 0.15) is 5.75 Å². The van der Waals surface area contributed by atoms with Crippen LogP contribution in [0, 0.1) is 0 Å². The zero-order chi connectivity index (χ0) is 18.9. The van der Waals surface area contributed by atoms with Gasteiger partial charge >= 0.3 is 15.4 Å². The third-order valence-electron chi connectivity index (χ3n) is 3.89. The molecule has 7 heteroatoms. The Balaban J connectivity index is 3.02. The Morgan fingerprint density at radius 2 is 1.40 bits per heavy atom. The van der Waals surface area contributed by atoms with Crippen LogP contribution in [-0.2, 0) is 23.0 Å². The van der Waals surface area contributed by atoms with Crippen molar-refractivity contribution in [2.75, 3.05) is 6.67 Å². The summed E-state index contributed by atoms with van der Waals surface area (Å²) < 4.78 is 66.5. The molecule has 0 aliphatic carbocycles. The minimum Gasteiger partial charge on any atom is -0.378 e. The van der Waals surface area contributed by atoms with Crippen LogP contribution < -0.4 is 4.18 Å². The average molecular weight is 380 g/mol. The maximum absolute atomic E-state index is 13.2. The van der Waals surface area contributed by atoms with Gasteiger partial charge in [-0.05, 0) is 48.9 Å². The molecule has 0 aliphatic rings. The molecule has 0 N–H and O–H groups in total. The van der Waals surface area contributed by atoms with Crippen LogP contribution in [0.2, 0.25) is 0 Å². The van der Waals surface area contributed by atoms with Crippen molar-refractivity contribution < 1.29 is 25.8 Å². The van der Waals surface area contributed by atoms with Crippen molar-refractivity contribution in [3.8, 4) is 5.75 Å². The SMILES string of the molecule is CCCCCc1cc(CCCCC)cc(OS(=O)(=O)C(F)(F)CF)c1. The minimum absolute atomic E-state index is 0.173. The van der Waals surface area contributed by atoms with E-state index in [9.17, 15) is 21.6 Å². The van der Waals surface area contributed by atoms with Gasteiger partial charge in [0.25, 0.3) is 0 Å². The second kappa shape index (κ2) is 10.0. The Hall–Kier alpha value is -1.24.